The largest absolute Gasteiger partial charge is 0.369 e. The number of carbonyl (C=O) groups excluding carboxylic acids is 1. The molecule has 8 nitrogen and oxygen atoms in total. The molecule has 0 unspecified atom stereocenters. The van der Waals surface area contributed by atoms with Gasteiger partial charge in [-0.25, -0.2) is 15.0 Å². The Morgan fingerprint density at radius 2 is 1.71 bits per heavy atom. The fraction of sp³-hybridized carbons (Fsp3) is 0.148. The van der Waals surface area contributed by atoms with Gasteiger partial charge in [0.25, 0.3) is 11.5 Å². The first kappa shape index (κ1) is 22.2. The van der Waals surface area contributed by atoms with E-state index in [4.69, 9.17) is 0 Å². The van der Waals surface area contributed by atoms with Gasteiger partial charge in [0.15, 0.2) is 5.82 Å². The smallest absolute Gasteiger partial charge is 0.270 e. The van der Waals surface area contributed by atoms with Crippen LogP contribution in [0.4, 0.5) is 5.82 Å². The molecule has 0 bridgehead atoms. The zero-order chi connectivity index (χ0) is 24.0. The monoisotopic (exact) mass is 464 g/mol. The van der Waals surface area contributed by atoms with E-state index in [0.29, 0.717) is 11.5 Å². The number of aromatic nitrogens is 4. The van der Waals surface area contributed by atoms with Crippen molar-refractivity contribution in [2.45, 2.75) is 19.4 Å². The van der Waals surface area contributed by atoms with Gasteiger partial charge in [0.1, 0.15) is 17.0 Å². The quantitative estimate of drug-likeness (QED) is 0.340. The summed E-state index contributed by atoms with van der Waals surface area (Å²) in [4.78, 5) is 38.9. The Labute approximate surface area is 201 Å². The summed E-state index contributed by atoms with van der Waals surface area (Å²) in [5.74, 6) is 0.659. The van der Waals surface area contributed by atoms with Crippen LogP contribution in [0, 0.1) is 0 Å². The number of hydrogen-bond donors (Lipinski definition) is 2. The number of fused-ring (bicyclic) bond motifs is 2. The van der Waals surface area contributed by atoms with Crippen LogP contribution >= 0.6 is 0 Å². The Morgan fingerprint density at radius 3 is 2.60 bits per heavy atom. The van der Waals surface area contributed by atoms with Crippen molar-refractivity contribution in [3.8, 4) is 0 Å². The molecule has 8 heteroatoms. The van der Waals surface area contributed by atoms with E-state index < -0.39 is 11.5 Å². The zero-order valence-electron chi connectivity index (χ0n) is 19.0. The number of benzene rings is 2. The van der Waals surface area contributed by atoms with Crippen LogP contribution in [0.15, 0.2) is 90.0 Å². The van der Waals surface area contributed by atoms with Gasteiger partial charge in [-0.1, -0.05) is 48.5 Å². The highest BCUT2D eigenvalue weighted by molar-refractivity contribution is 5.93. The fourth-order valence-electron chi connectivity index (χ4n) is 3.92. The molecule has 174 valence electrons. The van der Waals surface area contributed by atoms with E-state index in [-0.39, 0.29) is 12.1 Å². The van der Waals surface area contributed by atoms with Crippen molar-refractivity contribution < 1.29 is 4.79 Å². The van der Waals surface area contributed by atoms with Gasteiger partial charge >= 0.3 is 0 Å². The van der Waals surface area contributed by atoms with Crippen LogP contribution in [0.5, 0.6) is 0 Å². The summed E-state index contributed by atoms with van der Waals surface area (Å²) in [5.41, 5.74) is 2.10. The third kappa shape index (κ3) is 5.01. The Morgan fingerprint density at radius 1 is 0.914 bits per heavy atom. The molecule has 5 aromatic rings. The molecular weight excluding hydrogens is 440 g/mol. The van der Waals surface area contributed by atoms with Gasteiger partial charge in [0, 0.05) is 24.3 Å². The van der Waals surface area contributed by atoms with Crippen LogP contribution < -0.4 is 16.2 Å². The van der Waals surface area contributed by atoms with E-state index in [0.717, 1.165) is 36.1 Å². The minimum atomic E-state index is -0.519. The van der Waals surface area contributed by atoms with Crippen LogP contribution in [-0.2, 0) is 13.0 Å². The number of anilines is 1. The number of para-hydroxylation sites is 1. The SMILES string of the molecule is O=C(NCc1nc(NCCCc2ccccc2)c2ccccc2n1)c1cnc2ccccn2c1=O. The first-order valence-electron chi connectivity index (χ1n) is 11.5. The molecule has 0 saturated heterocycles. The van der Waals surface area contributed by atoms with Crippen molar-refractivity contribution in [3.05, 3.63) is 112 Å². The third-order valence-electron chi connectivity index (χ3n) is 5.69. The van der Waals surface area contributed by atoms with Gasteiger partial charge in [-0.05, 0) is 42.7 Å². The predicted molar refractivity (Wildman–Crippen MR) is 135 cm³/mol. The van der Waals surface area contributed by atoms with E-state index in [1.54, 1.807) is 24.4 Å². The lowest BCUT2D eigenvalue weighted by atomic mass is 10.1. The lowest BCUT2D eigenvalue weighted by Crippen LogP contribution is -2.31. The molecule has 0 aliphatic heterocycles. The van der Waals surface area contributed by atoms with Crippen molar-refractivity contribution >= 4 is 28.3 Å². The average molecular weight is 465 g/mol. The first-order chi connectivity index (χ1) is 17.2. The highest BCUT2D eigenvalue weighted by Gasteiger charge is 2.14. The molecule has 0 spiro atoms. The molecule has 5 rings (SSSR count). The molecule has 0 fully saturated rings. The van der Waals surface area contributed by atoms with E-state index in [9.17, 15) is 9.59 Å². The summed E-state index contributed by atoms with van der Waals surface area (Å²) in [6.07, 6.45) is 4.81. The average Bonchev–Trinajstić information content (AvgIpc) is 2.90. The molecular formula is C27H24N6O2. The summed E-state index contributed by atoms with van der Waals surface area (Å²) in [7, 11) is 0. The zero-order valence-corrected chi connectivity index (χ0v) is 19.0. The lowest BCUT2D eigenvalue weighted by molar-refractivity contribution is 0.0948. The molecule has 0 aliphatic rings. The maximum Gasteiger partial charge on any atom is 0.270 e. The van der Waals surface area contributed by atoms with E-state index in [1.165, 1.54) is 16.2 Å². The third-order valence-corrected chi connectivity index (χ3v) is 5.69. The van der Waals surface area contributed by atoms with Gasteiger partial charge in [-0.3, -0.25) is 14.0 Å². The van der Waals surface area contributed by atoms with E-state index >= 15 is 0 Å². The number of carbonyl (C=O) groups is 1. The summed E-state index contributed by atoms with van der Waals surface area (Å²) < 4.78 is 1.35. The van der Waals surface area contributed by atoms with Crippen molar-refractivity contribution in [2.75, 3.05) is 11.9 Å². The Bertz CT molecular complexity index is 1550. The van der Waals surface area contributed by atoms with Crippen LogP contribution in [0.3, 0.4) is 0 Å². The minimum Gasteiger partial charge on any atom is -0.369 e. The molecule has 1 amide bonds. The number of hydrogen-bond acceptors (Lipinski definition) is 6. The van der Waals surface area contributed by atoms with Gasteiger partial charge in [-0.15, -0.1) is 0 Å². The van der Waals surface area contributed by atoms with Crippen LogP contribution in [0.2, 0.25) is 0 Å². The molecule has 35 heavy (non-hydrogen) atoms. The molecule has 2 aromatic carbocycles. The second-order valence-corrected chi connectivity index (χ2v) is 8.11. The standard InChI is InChI=1S/C27H24N6O2/c34-26(21-17-29-24-14-6-7-16-33(24)27(21)35)30-18-23-31-22-13-5-4-12-20(22)25(32-23)28-15-8-11-19-9-2-1-3-10-19/h1-7,9-10,12-14,16-17H,8,11,15,18H2,(H,30,34)(H,28,31,32). The number of amides is 1. The summed E-state index contributed by atoms with van der Waals surface area (Å²) in [5, 5.41) is 7.09. The molecule has 0 saturated carbocycles. The Kier molecular flexibility index (Phi) is 6.43. The Hall–Kier alpha value is -4.59. The van der Waals surface area contributed by atoms with E-state index in [2.05, 4.69) is 37.7 Å². The normalized spacial score (nSPS) is 11.0. The maximum atomic E-state index is 12.7. The summed E-state index contributed by atoms with van der Waals surface area (Å²) in [6, 6.07) is 23.3. The Balaban J connectivity index is 1.30. The molecule has 0 aliphatic carbocycles. The number of rotatable bonds is 8. The predicted octanol–water partition coefficient (Wildman–Crippen LogP) is 3.61. The van der Waals surface area contributed by atoms with Gasteiger partial charge in [0.05, 0.1) is 12.1 Å². The number of aryl methyl sites for hydroxylation is 1. The minimum absolute atomic E-state index is 0.0336. The van der Waals surface area contributed by atoms with Gasteiger partial charge in [-0.2, -0.15) is 0 Å². The molecule has 3 aromatic heterocycles. The summed E-state index contributed by atoms with van der Waals surface area (Å²) >= 11 is 0. The van der Waals surface area contributed by atoms with Crippen molar-refractivity contribution in [1.82, 2.24) is 24.7 Å². The highest BCUT2D eigenvalue weighted by atomic mass is 16.2. The van der Waals surface area contributed by atoms with Crippen molar-refractivity contribution in [3.63, 3.8) is 0 Å². The maximum absolute atomic E-state index is 12.7. The van der Waals surface area contributed by atoms with Crippen LogP contribution in [-0.4, -0.2) is 31.8 Å². The van der Waals surface area contributed by atoms with Crippen LogP contribution in [0.1, 0.15) is 28.2 Å². The topological polar surface area (TPSA) is 101 Å². The van der Waals surface area contributed by atoms with Crippen molar-refractivity contribution in [2.24, 2.45) is 0 Å². The highest BCUT2D eigenvalue weighted by Crippen LogP contribution is 2.20. The second-order valence-electron chi connectivity index (χ2n) is 8.11. The molecule has 2 N–H and O–H groups in total. The lowest BCUT2D eigenvalue weighted by Gasteiger charge is -2.11. The van der Waals surface area contributed by atoms with E-state index in [1.807, 2.05) is 42.5 Å². The molecule has 3 heterocycles. The summed E-state index contributed by atoms with van der Waals surface area (Å²) in [6.45, 7) is 0.834. The van der Waals surface area contributed by atoms with Gasteiger partial charge in [0.2, 0.25) is 0 Å². The fourth-order valence-corrected chi connectivity index (χ4v) is 3.92. The molecule has 0 atom stereocenters. The number of pyridine rings is 1. The van der Waals surface area contributed by atoms with Gasteiger partial charge < -0.3 is 10.6 Å². The van der Waals surface area contributed by atoms with Crippen molar-refractivity contribution in [1.29, 1.82) is 0 Å². The number of nitrogens with zero attached hydrogens (tertiary/aromatic N) is 4. The number of nitrogens with one attached hydrogen (secondary N) is 2. The molecule has 0 radical (unpaired) electrons. The van der Waals surface area contributed by atoms with Crippen LogP contribution in [0.25, 0.3) is 16.6 Å². The first-order valence-corrected chi connectivity index (χ1v) is 11.5. The second kappa shape index (κ2) is 10.1.